The van der Waals surface area contributed by atoms with Gasteiger partial charge in [-0.25, -0.2) is 4.98 Å². The molecule has 0 aliphatic carbocycles. The molecule has 0 unspecified atom stereocenters. The van der Waals surface area contributed by atoms with E-state index in [1.807, 2.05) is 19.1 Å². The molecule has 0 aromatic carbocycles. The third-order valence-electron chi connectivity index (χ3n) is 4.74. The van der Waals surface area contributed by atoms with Crippen molar-refractivity contribution < 1.29 is 9.15 Å². The topological polar surface area (TPSA) is 98.0 Å². The molecule has 9 heteroatoms. The number of hydrogen-bond acceptors (Lipinski definition) is 8. The minimum Gasteiger partial charge on any atom is -0.461 e. The average molecular weight is 357 g/mol. The van der Waals surface area contributed by atoms with E-state index >= 15 is 0 Å². The Balaban J connectivity index is 1.61. The Hall–Kier alpha value is -2.65. The van der Waals surface area contributed by atoms with Gasteiger partial charge in [0.15, 0.2) is 11.4 Å². The minimum absolute atomic E-state index is 0.327. The maximum absolute atomic E-state index is 6.16. The molecule has 9 nitrogen and oxygen atoms in total. The molecule has 1 aliphatic heterocycles. The molecule has 2 N–H and O–H groups in total. The Kier molecular flexibility index (Phi) is 4.48. The second kappa shape index (κ2) is 6.93. The van der Waals surface area contributed by atoms with Crippen molar-refractivity contribution in [2.75, 3.05) is 57.1 Å². The van der Waals surface area contributed by atoms with Crippen molar-refractivity contribution in [3.8, 4) is 11.6 Å². The van der Waals surface area contributed by atoms with Crippen LogP contribution in [0.1, 0.15) is 5.56 Å². The number of nitrogen functional groups attached to an aromatic ring is 1. The van der Waals surface area contributed by atoms with Crippen LogP contribution < -0.4 is 10.6 Å². The van der Waals surface area contributed by atoms with E-state index in [2.05, 4.69) is 24.9 Å². The zero-order chi connectivity index (χ0) is 18.1. The van der Waals surface area contributed by atoms with Crippen LogP contribution in [0.3, 0.4) is 0 Å². The molecule has 0 amide bonds. The van der Waals surface area contributed by atoms with Gasteiger partial charge >= 0.3 is 0 Å². The van der Waals surface area contributed by atoms with E-state index in [0.717, 1.165) is 50.7 Å². The molecule has 0 saturated carbocycles. The van der Waals surface area contributed by atoms with Gasteiger partial charge in [0.05, 0.1) is 12.9 Å². The fraction of sp³-hybridized carbons (Fsp3) is 0.471. The molecule has 138 valence electrons. The molecule has 0 atom stereocenters. The highest BCUT2D eigenvalue weighted by molar-refractivity contribution is 5.66. The molecule has 3 aromatic rings. The quantitative estimate of drug-likeness (QED) is 0.723. The van der Waals surface area contributed by atoms with Crippen molar-refractivity contribution in [3.63, 3.8) is 0 Å². The number of nitrogens with two attached hydrogens (primary N) is 1. The van der Waals surface area contributed by atoms with Crippen molar-refractivity contribution in [1.82, 2.24) is 24.5 Å². The Morgan fingerprint density at radius 3 is 2.73 bits per heavy atom. The number of fused-ring (bicyclic) bond motifs is 1. The molecule has 4 rings (SSSR count). The fourth-order valence-electron chi connectivity index (χ4n) is 3.28. The fourth-order valence-corrected chi connectivity index (χ4v) is 3.28. The Bertz CT molecular complexity index is 882. The van der Waals surface area contributed by atoms with Gasteiger partial charge in [-0.1, -0.05) is 0 Å². The Morgan fingerprint density at radius 1 is 1.23 bits per heavy atom. The zero-order valence-electron chi connectivity index (χ0n) is 15.1. The summed E-state index contributed by atoms with van der Waals surface area (Å²) in [6, 6.07) is 3.64. The van der Waals surface area contributed by atoms with Gasteiger partial charge in [-0.15, -0.1) is 5.10 Å². The van der Waals surface area contributed by atoms with Gasteiger partial charge in [0.2, 0.25) is 11.8 Å². The molecule has 1 aliphatic rings. The smallest absolute Gasteiger partial charge is 0.225 e. The maximum Gasteiger partial charge on any atom is 0.225 e. The maximum atomic E-state index is 6.16. The largest absolute Gasteiger partial charge is 0.461 e. The third-order valence-corrected chi connectivity index (χ3v) is 4.74. The lowest BCUT2D eigenvalue weighted by Crippen LogP contribution is -2.47. The minimum atomic E-state index is 0.327. The molecular weight excluding hydrogens is 334 g/mol. The Morgan fingerprint density at radius 2 is 2.04 bits per heavy atom. The van der Waals surface area contributed by atoms with Crippen LogP contribution in [0, 0.1) is 6.92 Å². The Labute approximate surface area is 151 Å². The molecule has 0 radical (unpaired) electrons. The summed E-state index contributed by atoms with van der Waals surface area (Å²) in [6.07, 6.45) is 1.60. The standard InChI is InChI=1S/C17H23N7O2/c1-12-15(23-7-5-22(6-8-23)9-11-25-2)20-17(18)24-16(12)19-14(21-24)13-4-3-10-26-13/h3-4,10H,5-9,11H2,1-2H3,(H2,18,20). The number of aryl methyl sites for hydroxylation is 1. The highest BCUT2D eigenvalue weighted by Gasteiger charge is 2.23. The van der Waals surface area contributed by atoms with Crippen LogP contribution in [-0.2, 0) is 4.74 Å². The SMILES string of the molecule is COCCN1CCN(c2nc(N)n3nc(-c4ccco4)nc3c2C)CC1. The summed E-state index contributed by atoms with van der Waals surface area (Å²) in [5.41, 5.74) is 7.83. The van der Waals surface area contributed by atoms with E-state index in [1.54, 1.807) is 17.9 Å². The first kappa shape index (κ1) is 16.8. The number of ether oxygens (including phenoxy) is 1. The lowest BCUT2D eigenvalue weighted by atomic mass is 10.2. The first-order chi connectivity index (χ1) is 12.7. The molecule has 0 bridgehead atoms. The van der Waals surface area contributed by atoms with Gasteiger partial charge < -0.3 is 19.8 Å². The summed E-state index contributed by atoms with van der Waals surface area (Å²) in [5.74, 6) is 2.32. The first-order valence-corrected chi connectivity index (χ1v) is 8.70. The van der Waals surface area contributed by atoms with Crippen LogP contribution in [0.2, 0.25) is 0 Å². The van der Waals surface area contributed by atoms with E-state index in [4.69, 9.17) is 14.9 Å². The van der Waals surface area contributed by atoms with Gasteiger partial charge in [-0.3, -0.25) is 4.90 Å². The summed E-state index contributed by atoms with van der Waals surface area (Å²) in [5, 5.41) is 4.43. The molecule has 4 heterocycles. The lowest BCUT2D eigenvalue weighted by molar-refractivity contribution is 0.144. The summed E-state index contributed by atoms with van der Waals surface area (Å²) in [7, 11) is 1.73. The van der Waals surface area contributed by atoms with Crippen molar-refractivity contribution in [2.24, 2.45) is 0 Å². The zero-order valence-corrected chi connectivity index (χ0v) is 15.1. The number of anilines is 2. The van der Waals surface area contributed by atoms with Crippen LogP contribution in [0.25, 0.3) is 17.2 Å². The average Bonchev–Trinajstić information content (AvgIpc) is 3.33. The van der Waals surface area contributed by atoms with E-state index in [1.165, 1.54) is 0 Å². The summed E-state index contributed by atoms with van der Waals surface area (Å²) in [6.45, 7) is 7.45. The summed E-state index contributed by atoms with van der Waals surface area (Å²) in [4.78, 5) is 13.9. The molecular formula is C17H23N7O2. The van der Waals surface area contributed by atoms with Gasteiger partial charge in [-0.2, -0.15) is 9.50 Å². The monoisotopic (exact) mass is 357 g/mol. The molecule has 3 aromatic heterocycles. The van der Waals surface area contributed by atoms with Crippen molar-refractivity contribution >= 4 is 17.4 Å². The number of rotatable bonds is 5. The molecule has 26 heavy (non-hydrogen) atoms. The van der Waals surface area contributed by atoms with Crippen LogP contribution >= 0.6 is 0 Å². The van der Waals surface area contributed by atoms with Gasteiger partial charge in [0, 0.05) is 45.4 Å². The predicted octanol–water partition coefficient (Wildman–Crippen LogP) is 1.04. The van der Waals surface area contributed by atoms with Crippen LogP contribution in [0.15, 0.2) is 22.8 Å². The number of nitrogens with zero attached hydrogens (tertiary/aromatic N) is 6. The van der Waals surface area contributed by atoms with Crippen molar-refractivity contribution in [2.45, 2.75) is 6.92 Å². The normalized spacial score (nSPS) is 15.8. The number of aromatic nitrogens is 4. The van der Waals surface area contributed by atoms with Crippen LogP contribution in [0.5, 0.6) is 0 Å². The van der Waals surface area contributed by atoms with E-state index < -0.39 is 0 Å². The number of furan rings is 1. The van der Waals surface area contributed by atoms with Crippen molar-refractivity contribution in [1.29, 1.82) is 0 Å². The van der Waals surface area contributed by atoms with Crippen LogP contribution in [0.4, 0.5) is 11.8 Å². The molecule has 0 spiro atoms. The van der Waals surface area contributed by atoms with Crippen molar-refractivity contribution in [3.05, 3.63) is 24.0 Å². The van der Waals surface area contributed by atoms with Gasteiger partial charge in [0.1, 0.15) is 5.82 Å². The number of methoxy groups -OCH3 is 1. The number of hydrogen-bond donors (Lipinski definition) is 1. The highest BCUT2D eigenvalue weighted by Crippen LogP contribution is 2.26. The predicted molar refractivity (Wildman–Crippen MR) is 98.2 cm³/mol. The number of piperazine rings is 1. The van der Waals surface area contributed by atoms with Gasteiger partial charge in [0.25, 0.3) is 0 Å². The van der Waals surface area contributed by atoms with E-state index in [0.29, 0.717) is 23.2 Å². The van der Waals surface area contributed by atoms with E-state index in [9.17, 15) is 0 Å². The van der Waals surface area contributed by atoms with Crippen LogP contribution in [-0.4, -0.2) is 70.9 Å². The summed E-state index contributed by atoms with van der Waals surface area (Å²) < 4.78 is 12.1. The highest BCUT2D eigenvalue weighted by atomic mass is 16.5. The molecule has 1 fully saturated rings. The third kappa shape index (κ3) is 2.99. The second-order valence-corrected chi connectivity index (χ2v) is 6.39. The lowest BCUT2D eigenvalue weighted by Gasteiger charge is -2.35. The summed E-state index contributed by atoms with van der Waals surface area (Å²) >= 11 is 0. The first-order valence-electron chi connectivity index (χ1n) is 8.70. The second-order valence-electron chi connectivity index (χ2n) is 6.39. The van der Waals surface area contributed by atoms with Gasteiger partial charge in [-0.05, 0) is 19.1 Å². The van der Waals surface area contributed by atoms with E-state index in [-0.39, 0.29) is 0 Å². The molecule has 1 saturated heterocycles.